The fraction of sp³-hybridized carbons (Fsp3) is 0.200. The van der Waals surface area contributed by atoms with Crippen molar-refractivity contribution in [3.05, 3.63) is 29.0 Å². The molecule has 1 N–H and O–H groups in total. The summed E-state index contributed by atoms with van der Waals surface area (Å²) in [4.78, 5) is 23.7. The molecular weight excluding hydrogens is 235 g/mol. The lowest BCUT2D eigenvalue weighted by atomic mass is 10.2. The first-order valence-corrected chi connectivity index (χ1v) is 5.02. The van der Waals surface area contributed by atoms with E-state index < -0.39 is 11.8 Å². The van der Waals surface area contributed by atoms with Gasteiger partial charge in [-0.2, -0.15) is 0 Å². The van der Waals surface area contributed by atoms with Gasteiger partial charge in [-0.25, -0.2) is 9.18 Å². The topological polar surface area (TPSA) is 49.4 Å². The SMILES string of the molecule is O=C1CCN(c2cc(F)ccc2Cl)C(=O)N1. The van der Waals surface area contributed by atoms with Crippen LogP contribution in [0.3, 0.4) is 0 Å². The van der Waals surface area contributed by atoms with E-state index in [9.17, 15) is 14.0 Å². The molecule has 0 atom stereocenters. The van der Waals surface area contributed by atoms with E-state index in [4.69, 9.17) is 11.6 Å². The van der Waals surface area contributed by atoms with Crippen LogP contribution in [0.5, 0.6) is 0 Å². The first kappa shape index (κ1) is 10.9. The maximum atomic E-state index is 13.0. The number of benzene rings is 1. The van der Waals surface area contributed by atoms with Crippen molar-refractivity contribution in [1.82, 2.24) is 5.32 Å². The second kappa shape index (κ2) is 4.09. The number of urea groups is 1. The third-order valence-electron chi connectivity index (χ3n) is 2.25. The smallest absolute Gasteiger partial charge is 0.292 e. The van der Waals surface area contributed by atoms with E-state index in [-0.39, 0.29) is 29.6 Å². The Bertz CT molecular complexity index is 464. The lowest BCUT2D eigenvalue weighted by Gasteiger charge is -2.27. The van der Waals surface area contributed by atoms with Crippen LogP contribution in [0.25, 0.3) is 0 Å². The molecule has 84 valence electrons. The van der Waals surface area contributed by atoms with Crippen molar-refractivity contribution in [2.24, 2.45) is 0 Å². The van der Waals surface area contributed by atoms with E-state index in [1.54, 1.807) is 0 Å². The summed E-state index contributed by atoms with van der Waals surface area (Å²) in [5.74, 6) is -0.821. The number of nitrogens with one attached hydrogen (secondary N) is 1. The molecule has 1 aliphatic heterocycles. The number of amides is 3. The Balaban J connectivity index is 2.33. The van der Waals surface area contributed by atoms with Gasteiger partial charge in [0.1, 0.15) is 5.82 Å². The van der Waals surface area contributed by atoms with Crippen molar-refractivity contribution in [3.63, 3.8) is 0 Å². The summed E-state index contributed by atoms with van der Waals surface area (Å²) in [5, 5.41) is 2.41. The molecule has 1 fully saturated rings. The van der Waals surface area contributed by atoms with Crippen molar-refractivity contribution in [2.75, 3.05) is 11.4 Å². The Labute approximate surface area is 96.0 Å². The summed E-state index contributed by atoms with van der Waals surface area (Å²) in [5.41, 5.74) is 0.270. The van der Waals surface area contributed by atoms with Gasteiger partial charge in [0.05, 0.1) is 10.7 Å². The number of halogens is 2. The molecule has 1 aliphatic rings. The number of rotatable bonds is 1. The molecule has 0 saturated carbocycles. The Hall–Kier alpha value is -1.62. The molecule has 2 rings (SSSR count). The Morgan fingerprint density at radius 1 is 1.38 bits per heavy atom. The molecular formula is C10H8ClFN2O2. The third-order valence-corrected chi connectivity index (χ3v) is 2.57. The highest BCUT2D eigenvalue weighted by Gasteiger charge is 2.25. The summed E-state index contributed by atoms with van der Waals surface area (Å²) in [6.45, 7) is 0.202. The highest BCUT2D eigenvalue weighted by Crippen LogP contribution is 2.27. The zero-order valence-corrected chi connectivity index (χ0v) is 8.92. The highest BCUT2D eigenvalue weighted by atomic mass is 35.5. The second-order valence-electron chi connectivity index (χ2n) is 3.35. The third kappa shape index (κ3) is 1.99. The monoisotopic (exact) mass is 242 g/mol. The fourth-order valence-electron chi connectivity index (χ4n) is 1.49. The standard InChI is InChI=1S/C10H8ClFN2O2/c11-7-2-1-6(12)5-8(7)14-4-3-9(15)13-10(14)16/h1-2,5H,3-4H2,(H,13,15,16). The van der Waals surface area contributed by atoms with Crippen molar-refractivity contribution in [2.45, 2.75) is 6.42 Å². The predicted molar refractivity (Wildman–Crippen MR) is 56.9 cm³/mol. The van der Waals surface area contributed by atoms with E-state index in [2.05, 4.69) is 5.32 Å². The lowest BCUT2D eigenvalue weighted by molar-refractivity contribution is -0.120. The van der Waals surface area contributed by atoms with Crippen LogP contribution in [0, 0.1) is 5.82 Å². The molecule has 4 nitrogen and oxygen atoms in total. The molecule has 0 unspecified atom stereocenters. The fourth-order valence-corrected chi connectivity index (χ4v) is 1.71. The Morgan fingerprint density at radius 2 is 2.12 bits per heavy atom. The molecule has 0 radical (unpaired) electrons. The quantitative estimate of drug-likeness (QED) is 0.818. The number of imide groups is 1. The van der Waals surface area contributed by atoms with Crippen molar-refractivity contribution >= 4 is 29.2 Å². The zero-order valence-electron chi connectivity index (χ0n) is 8.17. The van der Waals surface area contributed by atoms with Crippen LogP contribution in [-0.4, -0.2) is 18.5 Å². The molecule has 1 aromatic rings. The zero-order chi connectivity index (χ0) is 11.7. The van der Waals surface area contributed by atoms with Gasteiger partial charge in [0.2, 0.25) is 5.91 Å². The van der Waals surface area contributed by atoms with Crippen molar-refractivity contribution in [1.29, 1.82) is 0 Å². The van der Waals surface area contributed by atoms with Gasteiger partial charge < -0.3 is 0 Å². The number of hydrogen-bond acceptors (Lipinski definition) is 2. The normalized spacial score (nSPS) is 16.2. The summed E-state index contributed by atoms with van der Waals surface area (Å²) in [6.07, 6.45) is 0.179. The van der Waals surface area contributed by atoms with Crippen LogP contribution in [-0.2, 0) is 4.79 Å². The number of carbonyl (C=O) groups is 2. The molecule has 0 spiro atoms. The maximum absolute atomic E-state index is 13.0. The number of anilines is 1. The molecule has 0 aliphatic carbocycles. The Kier molecular flexibility index (Phi) is 2.78. The minimum Gasteiger partial charge on any atom is -0.292 e. The summed E-state index contributed by atoms with van der Waals surface area (Å²) >= 11 is 5.86. The van der Waals surface area contributed by atoms with Gasteiger partial charge in [0, 0.05) is 13.0 Å². The first-order chi connectivity index (χ1) is 7.58. The Morgan fingerprint density at radius 3 is 2.81 bits per heavy atom. The van der Waals surface area contributed by atoms with Gasteiger partial charge in [-0.3, -0.25) is 15.0 Å². The molecule has 3 amide bonds. The predicted octanol–water partition coefficient (Wildman–Crippen LogP) is 1.93. The van der Waals surface area contributed by atoms with E-state index in [1.807, 2.05) is 0 Å². The van der Waals surface area contributed by atoms with Crippen LogP contribution in [0.1, 0.15) is 6.42 Å². The molecule has 0 aromatic heterocycles. The minimum atomic E-state index is -0.580. The summed E-state index contributed by atoms with van der Waals surface area (Å²) in [7, 11) is 0. The molecule has 1 saturated heterocycles. The van der Waals surface area contributed by atoms with E-state index in [0.717, 1.165) is 6.07 Å². The van der Waals surface area contributed by atoms with Crippen molar-refractivity contribution in [3.8, 4) is 0 Å². The van der Waals surface area contributed by atoms with Crippen molar-refractivity contribution < 1.29 is 14.0 Å². The lowest BCUT2D eigenvalue weighted by Crippen LogP contribution is -2.49. The van der Waals surface area contributed by atoms with Gasteiger partial charge in [0.15, 0.2) is 0 Å². The van der Waals surface area contributed by atoms with Gasteiger partial charge in [-0.05, 0) is 18.2 Å². The molecule has 1 aromatic carbocycles. The second-order valence-corrected chi connectivity index (χ2v) is 3.76. The summed E-state index contributed by atoms with van der Waals surface area (Å²) < 4.78 is 13.0. The van der Waals surface area contributed by atoms with Gasteiger partial charge in [-0.15, -0.1) is 0 Å². The van der Waals surface area contributed by atoms with E-state index in [1.165, 1.54) is 17.0 Å². The number of carbonyl (C=O) groups excluding carboxylic acids is 2. The first-order valence-electron chi connectivity index (χ1n) is 4.64. The van der Waals surface area contributed by atoms with Gasteiger partial charge in [0.25, 0.3) is 0 Å². The van der Waals surface area contributed by atoms with Crippen LogP contribution in [0.15, 0.2) is 18.2 Å². The summed E-state index contributed by atoms with van der Waals surface area (Å²) in [6, 6.07) is 3.16. The highest BCUT2D eigenvalue weighted by molar-refractivity contribution is 6.34. The van der Waals surface area contributed by atoms with E-state index in [0.29, 0.717) is 0 Å². The maximum Gasteiger partial charge on any atom is 0.328 e. The largest absolute Gasteiger partial charge is 0.328 e. The molecule has 6 heteroatoms. The van der Waals surface area contributed by atoms with Gasteiger partial charge >= 0.3 is 6.03 Å². The van der Waals surface area contributed by atoms with Crippen LogP contribution in [0.4, 0.5) is 14.9 Å². The van der Waals surface area contributed by atoms with Gasteiger partial charge in [-0.1, -0.05) is 11.6 Å². The van der Waals surface area contributed by atoms with Crippen LogP contribution >= 0.6 is 11.6 Å². The van der Waals surface area contributed by atoms with Crippen LogP contribution in [0.2, 0.25) is 5.02 Å². The molecule has 0 bridgehead atoms. The van der Waals surface area contributed by atoms with Crippen LogP contribution < -0.4 is 10.2 Å². The number of hydrogen-bond donors (Lipinski definition) is 1. The molecule has 16 heavy (non-hydrogen) atoms. The van der Waals surface area contributed by atoms with E-state index >= 15 is 0 Å². The molecule has 1 heterocycles. The number of nitrogens with zero attached hydrogens (tertiary/aromatic N) is 1. The minimum absolute atomic E-state index is 0.179. The average Bonchev–Trinajstić information content (AvgIpc) is 2.22. The average molecular weight is 243 g/mol.